The molecule has 4 nitrogen and oxygen atoms in total. The van der Waals surface area contributed by atoms with E-state index in [4.69, 9.17) is 4.74 Å². The minimum atomic E-state index is 0.288. The van der Waals surface area contributed by atoms with Gasteiger partial charge in [-0.2, -0.15) is 0 Å². The molecule has 23 heavy (non-hydrogen) atoms. The van der Waals surface area contributed by atoms with E-state index in [0.29, 0.717) is 12.1 Å². The minimum absolute atomic E-state index is 0.288. The van der Waals surface area contributed by atoms with E-state index < -0.39 is 0 Å². The van der Waals surface area contributed by atoms with Gasteiger partial charge < -0.3 is 4.74 Å². The third-order valence-corrected chi connectivity index (χ3v) is 4.64. The predicted molar refractivity (Wildman–Crippen MR) is 96.3 cm³/mol. The summed E-state index contributed by atoms with van der Waals surface area (Å²) in [6, 6.07) is 9.85. The van der Waals surface area contributed by atoms with Crippen LogP contribution in [-0.2, 0) is 11.3 Å². The average molecular weight is 319 g/mol. The number of nitrogens with one attached hydrogen (secondary N) is 2. The first kappa shape index (κ1) is 18.4. The lowest BCUT2D eigenvalue weighted by molar-refractivity contribution is 0.137. The van der Waals surface area contributed by atoms with Crippen LogP contribution in [0, 0.1) is 12.3 Å². The zero-order valence-electron chi connectivity index (χ0n) is 15.4. The van der Waals surface area contributed by atoms with E-state index in [-0.39, 0.29) is 5.41 Å². The lowest BCUT2D eigenvalue weighted by atomic mass is 9.84. The quantitative estimate of drug-likeness (QED) is 0.810. The van der Waals surface area contributed by atoms with Crippen LogP contribution >= 0.6 is 0 Å². The van der Waals surface area contributed by atoms with Crippen LogP contribution in [-0.4, -0.2) is 43.8 Å². The molecule has 0 aromatic heterocycles. The number of methoxy groups -OCH3 is 1. The molecule has 1 fully saturated rings. The number of nitrogens with zero attached hydrogens (tertiary/aromatic N) is 1. The van der Waals surface area contributed by atoms with Crippen molar-refractivity contribution in [1.29, 1.82) is 0 Å². The average Bonchev–Trinajstić information content (AvgIpc) is 2.96. The van der Waals surface area contributed by atoms with Gasteiger partial charge >= 0.3 is 0 Å². The van der Waals surface area contributed by atoms with Crippen molar-refractivity contribution in [3.63, 3.8) is 0 Å². The van der Waals surface area contributed by atoms with Crippen molar-refractivity contribution in [2.75, 3.05) is 26.8 Å². The van der Waals surface area contributed by atoms with Gasteiger partial charge in [-0.25, -0.2) is 0 Å². The molecule has 1 heterocycles. The summed E-state index contributed by atoms with van der Waals surface area (Å²) in [5.74, 6) is 0. The maximum atomic E-state index is 5.29. The largest absolute Gasteiger partial charge is 0.383 e. The van der Waals surface area contributed by atoms with E-state index in [9.17, 15) is 0 Å². The molecule has 1 aromatic rings. The Morgan fingerprint density at radius 2 is 1.87 bits per heavy atom. The first-order valence-electron chi connectivity index (χ1n) is 8.66. The Hall–Kier alpha value is -0.940. The number of aryl methyl sites for hydroxylation is 1. The molecular formula is C19H33N3O. The second-order valence-electron chi connectivity index (χ2n) is 7.85. The van der Waals surface area contributed by atoms with Gasteiger partial charge in [0.05, 0.1) is 6.61 Å². The molecule has 0 aliphatic carbocycles. The van der Waals surface area contributed by atoms with Gasteiger partial charge in [0.25, 0.3) is 0 Å². The molecule has 1 saturated heterocycles. The van der Waals surface area contributed by atoms with Gasteiger partial charge in [0.1, 0.15) is 0 Å². The summed E-state index contributed by atoms with van der Waals surface area (Å²) in [7, 11) is 1.77. The highest BCUT2D eigenvalue weighted by Gasteiger charge is 2.33. The highest BCUT2D eigenvalue weighted by atomic mass is 16.5. The maximum Gasteiger partial charge on any atom is 0.0589 e. The fourth-order valence-corrected chi connectivity index (χ4v) is 3.03. The highest BCUT2D eigenvalue weighted by molar-refractivity contribution is 5.21. The van der Waals surface area contributed by atoms with Gasteiger partial charge in [0, 0.05) is 38.8 Å². The van der Waals surface area contributed by atoms with E-state index in [1.165, 1.54) is 17.5 Å². The SMILES string of the molecule is COCCN(Cc1ccc(C)cc1)CC1CC(C(C)(C)C)NN1. The molecule has 4 heteroatoms. The van der Waals surface area contributed by atoms with E-state index in [1.54, 1.807) is 7.11 Å². The summed E-state index contributed by atoms with van der Waals surface area (Å²) in [6.45, 7) is 12.8. The summed E-state index contributed by atoms with van der Waals surface area (Å²) < 4.78 is 5.29. The summed E-state index contributed by atoms with van der Waals surface area (Å²) in [4.78, 5) is 2.48. The smallest absolute Gasteiger partial charge is 0.0589 e. The first-order valence-corrected chi connectivity index (χ1v) is 8.66. The second-order valence-corrected chi connectivity index (χ2v) is 7.85. The van der Waals surface area contributed by atoms with Crippen LogP contribution in [0.3, 0.4) is 0 Å². The van der Waals surface area contributed by atoms with Crippen LogP contribution in [0.25, 0.3) is 0 Å². The molecule has 0 saturated carbocycles. The fourth-order valence-electron chi connectivity index (χ4n) is 3.03. The van der Waals surface area contributed by atoms with E-state index in [0.717, 1.165) is 26.2 Å². The summed E-state index contributed by atoms with van der Waals surface area (Å²) in [5, 5.41) is 0. The number of hydrazine groups is 1. The third kappa shape index (κ3) is 5.88. The van der Waals surface area contributed by atoms with Crippen molar-refractivity contribution in [1.82, 2.24) is 15.8 Å². The maximum absolute atomic E-state index is 5.29. The van der Waals surface area contributed by atoms with Crippen molar-refractivity contribution in [2.24, 2.45) is 5.41 Å². The molecule has 2 N–H and O–H groups in total. The van der Waals surface area contributed by atoms with Crippen LogP contribution in [0.5, 0.6) is 0 Å². The first-order chi connectivity index (χ1) is 10.9. The van der Waals surface area contributed by atoms with Crippen LogP contribution in [0.15, 0.2) is 24.3 Å². The molecule has 2 atom stereocenters. The van der Waals surface area contributed by atoms with Gasteiger partial charge in [0.15, 0.2) is 0 Å². The molecular weight excluding hydrogens is 286 g/mol. The van der Waals surface area contributed by atoms with Crippen molar-refractivity contribution >= 4 is 0 Å². The third-order valence-electron chi connectivity index (χ3n) is 4.64. The molecule has 0 radical (unpaired) electrons. The molecule has 130 valence electrons. The van der Waals surface area contributed by atoms with Gasteiger partial charge in [-0.1, -0.05) is 50.6 Å². The standard InChI is InChI=1S/C19H33N3O/c1-15-6-8-16(9-7-15)13-22(10-11-23-5)14-17-12-18(21-20-17)19(2,3)4/h6-9,17-18,20-21H,10-14H2,1-5H3. The lowest BCUT2D eigenvalue weighted by Gasteiger charge is -2.27. The molecule has 0 amide bonds. The van der Waals surface area contributed by atoms with Crippen molar-refractivity contribution in [2.45, 2.75) is 52.7 Å². The number of benzene rings is 1. The van der Waals surface area contributed by atoms with E-state index >= 15 is 0 Å². The van der Waals surface area contributed by atoms with Gasteiger partial charge in [-0.3, -0.25) is 15.8 Å². The molecule has 1 aliphatic heterocycles. The van der Waals surface area contributed by atoms with E-state index in [2.05, 4.69) is 67.7 Å². The molecule has 2 unspecified atom stereocenters. The summed E-state index contributed by atoms with van der Waals surface area (Å²) in [5.41, 5.74) is 9.92. The Bertz CT molecular complexity index is 466. The number of rotatable bonds is 7. The molecule has 1 aromatic carbocycles. The van der Waals surface area contributed by atoms with Gasteiger partial charge in [-0.05, 0) is 24.3 Å². The Balaban J connectivity index is 1.92. The zero-order valence-corrected chi connectivity index (χ0v) is 15.4. The summed E-state index contributed by atoms with van der Waals surface area (Å²) in [6.07, 6.45) is 1.17. The predicted octanol–water partition coefficient (Wildman–Crippen LogP) is 2.72. The normalized spacial score (nSPS) is 22.0. The van der Waals surface area contributed by atoms with E-state index in [1.807, 2.05) is 0 Å². The molecule has 0 spiro atoms. The van der Waals surface area contributed by atoms with Crippen LogP contribution in [0.2, 0.25) is 0 Å². The Kier molecular flexibility index (Phi) is 6.60. The van der Waals surface area contributed by atoms with Gasteiger partial charge in [0.2, 0.25) is 0 Å². The van der Waals surface area contributed by atoms with Crippen LogP contribution in [0.1, 0.15) is 38.3 Å². The highest BCUT2D eigenvalue weighted by Crippen LogP contribution is 2.25. The second kappa shape index (κ2) is 8.25. The zero-order chi connectivity index (χ0) is 16.9. The number of ether oxygens (including phenoxy) is 1. The minimum Gasteiger partial charge on any atom is -0.383 e. The Morgan fingerprint density at radius 1 is 1.17 bits per heavy atom. The van der Waals surface area contributed by atoms with Crippen molar-refractivity contribution in [3.8, 4) is 0 Å². The van der Waals surface area contributed by atoms with Crippen molar-refractivity contribution in [3.05, 3.63) is 35.4 Å². The Morgan fingerprint density at radius 3 is 2.43 bits per heavy atom. The fraction of sp³-hybridized carbons (Fsp3) is 0.684. The topological polar surface area (TPSA) is 36.5 Å². The molecule has 0 bridgehead atoms. The molecule has 2 rings (SSSR count). The number of hydrogen-bond donors (Lipinski definition) is 2. The van der Waals surface area contributed by atoms with Gasteiger partial charge in [-0.15, -0.1) is 0 Å². The summed E-state index contributed by atoms with van der Waals surface area (Å²) >= 11 is 0. The van der Waals surface area contributed by atoms with Crippen LogP contribution in [0.4, 0.5) is 0 Å². The van der Waals surface area contributed by atoms with Crippen LogP contribution < -0.4 is 10.9 Å². The van der Waals surface area contributed by atoms with Crippen molar-refractivity contribution < 1.29 is 4.74 Å². The molecule has 1 aliphatic rings. The Labute approximate surface area is 141 Å². The lowest BCUT2D eigenvalue weighted by Crippen LogP contribution is -2.42. The monoisotopic (exact) mass is 319 g/mol. The number of hydrogen-bond acceptors (Lipinski definition) is 4.